The molecule has 1 aromatic carbocycles. The number of carbonyl (C=O) groups is 1. The molecule has 0 radical (unpaired) electrons. The van der Waals surface area contributed by atoms with Gasteiger partial charge in [0.15, 0.2) is 0 Å². The Hall–Kier alpha value is -1.35. The molecule has 1 N–H and O–H groups in total. The van der Waals surface area contributed by atoms with Gasteiger partial charge in [-0.2, -0.15) is 0 Å². The van der Waals surface area contributed by atoms with Crippen LogP contribution in [0, 0.1) is 19.8 Å². The number of hydrogen-bond acceptors (Lipinski definition) is 2. The average Bonchev–Trinajstić information content (AvgIpc) is 2.34. The molecule has 1 saturated heterocycles. The summed E-state index contributed by atoms with van der Waals surface area (Å²) in [5.41, 5.74) is 3.23. The second-order valence-electron chi connectivity index (χ2n) is 5.85. The van der Waals surface area contributed by atoms with Crippen LogP contribution in [-0.4, -0.2) is 30.4 Å². The smallest absolute Gasteiger partial charge is 0.238 e. The normalized spacial score (nSPS) is 20.3. The lowest BCUT2D eigenvalue weighted by atomic mass is 10.0. The highest BCUT2D eigenvalue weighted by atomic mass is 16.2. The van der Waals surface area contributed by atoms with Gasteiger partial charge in [-0.1, -0.05) is 19.1 Å². The van der Waals surface area contributed by atoms with E-state index in [9.17, 15) is 4.79 Å². The van der Waals surface area contributed by atoms with Crippen LogP contribution in [0.15, 0.2) is 18.2 Å². The highest BCUT2D eigenvalue weighted by Gasteiger charge is 2.18. The fourth-order valence-electron chi connectivity index (χ4n) is 2.69. The summed E-state index contributed by atoms with van der Waals surface area (Å²) in [6.07, 6.45) is 2.49. The molecule has 1 atom stereocenters. The number of nitrogens with one attached hydrogen (secondary N) is 1. The number of hydrogen-bond donors (Lipinski definition) is 1. The van der Waals surface area contributed by atoms with Gasteiger partial charge in [-0.15, -0.1) is 0 Å². The number of benzene rings is 1. The first kappa shape index (κ1) is 14.1. The Morgan fingerprint density at radius 2 is 2.21 bits per heavy atom. The van der Waals surface area contributed by atoms with Crippen LogP contribution in [-0.2, 0) is 4.79 Å². The summed E-state index contributed by atoms with van der Waals surface area (Å²) in [5, 5.41) is 3.03. The van der Waals surface area contributed by atoms with E-state index >= 15 is 0 Å². The van der Waals surface area contributed by atoms with E-state index in [0.717, 1.165) is 24.3 Å². The second-order valence-corrected chi connectivity index (χ2v) is 5.85. The predicted molar refractivity (Wildman–Crippen MR) is 79.4 cm³/mol. The van der Waals surface area contributed by atoms with Crippen LogP contribution in [0.3, 0.4) is 0 Å². The summed E-state index contributed by atoms with van der Waals surface area (Å²) in [7, 11) is 0. The Bertz CT molecular complexity index is 456. The van der Waals surface area contributed by atoms with Crippen molar-refractivity contribution in [3.8, 4) is 0 Å². The molecule has 0 aromatic heterocycles. The van der Waals surface area contributed by atoms with Crippen molar-refractivity contribution in [1.82, 2.24) is 4.90 Å². The highest BCUT2D eigenvalue weighted by Crippen LogP contribution is 2.18. The van der Waals surface area contributed by atoms with Gasteiger partial charge in [0.05, 0.1) is 6.54 Å². The molecule has 104 valence electrons. The fourth-order valence-corrected chi connectivity index (χ4v) is 2.69. The number of likely N-dealkylation sites (tertiary alicyclic amines) is 1. The Morgan fingerprint density at radius 3 is 2.95 bits per heavy atom. The first-order chi connectivity index (χ1) is 9.04. The average molecular weight is 260 g/mol. The Balaban J connectivity index is 1.92. The van der Waals surface area contributed by atoms with Crippen LogP contribution < -0.4 is 5.32 Å². The third-order valence-corrected chi connectivity index (χ3v) is 3.78. The standard InChI is InChI=1S/C16H24N2O/c1-12-6-7-14(3)15(9-12)17-16(19)11-18-8-4-5-13(2)10-18/h6-7,9,13H,4-5,8,10-11H2,1-3H3,(H,17,19)/t13-/m1/s1. The van der Waals surface area contributed by atoms with Crippen LogP contribution in [0.4, 0.5) is 5.69 Å². The summed E-state index contributed by atoms with van der Waals surface area (Å²) >= 11 is 0. The number of carbonyl (C=O) groups excluding carboxylic acids is 1. The van der Waals surface area contributed by atoms with Crippen molar-refractivity contribution in [2.75, 3.05) is 25.0 Å². The Morgan fingerprint density at radius 1 is 1.42 bits per heavy atom. The van der Waals surface area contributed by atoms with E-state index in [1.54, 1.807) is 0 Å². The van der Waals surface area contributed by atoms with Crippen molar-refractivity contribution >= 4 is 11.6 Å². The number of rotatable bonds is 3. The molecular weight excluding hydrogens is 236 g/mol. The molecule has 0 saturated carbocycles. The Labute approximate surface area is 116 Å². The number of amides is 1. The second kappa shape index (κ2) is 6.20. The van der Waals surface area contributed by atoms with Crippen molar-refractivity contribution in [2.24, 2.45) is 5.92 Å². The molecule has 1 amide bonds. The van der Waals surface area contributed by atoms with Gasteiger partial charge in [0.1, 0.15) is 0 Å². The van der Waals surface area contributed by atoms with E-state index in [2.05, 4.69) is 23.2 Å². The quantitative estimate of drug-likeness (QED) is 0.906. The van der Waals surface area contributed by atoms with Gasteiger partial charge in [0, 0.05) is 12.2 Å². The Kier molecular flexibility index (Phi) is 4.59. The van der Waals surface area contributed by atoms with Gasteiger partial charge in [0.25, 0.3) is 0 Å². The summed E-state index contributed by atoms with van der Waals surface area (Å²) in [6.45, 7) is 8.93. The molecule has 1 aromatic rings. The maximum absolute atomic E-state index is 12.1. The summed E-state index contributed by atoms with van der Waals surface area (Å²) < 4.78 is 0. The molecule has 0 bridgehead atoms. The van der Waals surface area contributed by atoms with Gasteiger partial charge in [0.2, 0.25) is 5.91 Å². The number of anilines is 1. The van der Waals surface area contributed by atoms with Crippen molar-refractivity contribution in [2.45, 2.75) is 33.6 Å². The summed E-state index contributed by atoms with van der Waals surface area (Å²) in [5.74, 6) is 0.810. The number of aryl methyl sites for hydroxylation is 2. The van der Waals surface area contributed by atoms with E-state index in [4.69, 9.17) is 0 Å². The molecule has 0 aliphatic carbocycles. The lowest BCUT2D eigenvalue weighted by Gasteiger charge is -2.30. The monoisotopic (exact) mass is 260 g/mol. The topological polar surface area (TPSA) is 32.3 Å². The first-order valence-corrected chi connectivity index (χ1v) is 7.14. The van der Waals surface area contributed by atoms with Gasteiger partial charge in [-0.3, -0.25) is 9.69 Å². The van der Waals surface area contributed by atoms with Crippen molar-refractivity contribution < 1.29 is 4.79 Å². The minimum atomic E-state index is 0.0998. The molecule has 0 spiro atoms. The third-order valence-electron chi connectivity index (χ3n) is 3.78. The molecule has 1 heterocycles. The van der Waals surface area contributed by atoms with Crippen LogP contribution in [0.25, 0.3) is 0 Å². The largest absolute Gasteiger partial charge is 0.325 e. The van der Waals surface area contributed by atoms with Crippen LogP contribution in [0.5, 0.6) is 0 Å². The van der Waals surface area contributed by atoms with Crippen LogP contribution >= 0.6 is 0 Å². The van der Waals surface area contributed by atoms with Crippen molar-refractivity contribution in [3.05, 3.63) is 29.3 Å². The van der Waals surface area contributed by atoms with Gasteiger partial charge < -0.3 is 5.32 Å². The SMILES string of the molecule is Cc1ccc(C)c(NC(=O)CN2CCC[C@@H](C)C2)c1. The molecule has 19 heavy (non-hydrogen) atoms. The van der Waals surface area contributed by atoms with Crippen LogP contribution in [0.1, 0.15) is 30.9 Å². The zero-order valence-electron chi connectivity index (χ0n) is 12.2. The highest BCUT2D eigenvalue weighted by molar-refractivity contribution is 5.93. The third kappa shape index (κ3) is 4.06. The van der Waals surface area contributed by atoms with Crippen molar-refractivity contribution in [1.29, 1.82) is 0 Å². The summed E-state index contributed by atoms with van der Waals surface area (Å²) in [4.78, 5) is 14.4. The van der Waals surface area contributed by atoms with Crippen molar-refractivity contribution in [3.63, 3.8) is 0 Å². The predicted octanol–water partition coefficient (Wildman–Crippen LogP) is 2.97. The molecule has 1 aliphatic heterocycles. The number of piperidine rings is 1. The maximum atomic E-state index is 12.1. The number of nitrogens with zero attached hydrogens (tertiary/aromatic N) is 1. The zero-order chi connectivity index (χ0) is 13.8. The van der Waals surface area contributed by atoms with Gasteiger partial charge >= 0.3 is 0 Å². The van der Waals surface area contributed by atoms with E-state index in [1.165, 1.54) is 18.4 Å². The van der Waals surface area contributed by atoms with Gasteiger partial charge in [-0.05, 0) is 56.3 Å². The van der Waals surface area contributed by atoms with E-state index in [1.807, 2.05) is 26.0 Å². The first-order valence-electron chi connectivity index (χ1n) is 7.14. The molecule has 1 aliphatic rings. The zero-order valence-corrected chi connectivity index (χ0v) is 12.2. The molecular formula is C16H24N2O. The maximum Gasteiger partial charge on any atom is 0.238 e. The minimum Gasteiger partial charge on any atom is -0.325 e. The lowest BCUT2D eigenvalue weighted by Crippen LogP contribution is -2.39. The van der Waals surface area contributed by atoms with Gasteiger partial charge in [-0.25, -0.2) is 0 Å². The van der Waals surface area contributed by atoms with E-state index in [0.29, 0.717) is 12.5 Å². The molecule has 0 unspecified atom stereocenters. The minimum absolute atomic E-state index is 0.0998. The molecule has 1 fully saturated rings. The molecule has 3 heteroatoms. The van der Waals surface area contributed by atoms with E-state index < -0.39 is 0 Å². The van der Waals surface area contributed by atoms with Crippen LogP contribution in [0.2, 0.25) is 0 Å². The van der Waals surface area contributed by atoms with E-state index in [-0.39, 0.29) is 5.91 Å². The molecule has 2 rings (SSSR count). The fraction of sp³-hybridized carbons (Fsp3) is 0.562. The molecule has 3 nitrogen and oxygen atoms in total. The lowest BCUT2D eigenvalue weighted by molar-refractivity contribution is -0.117. The summed E-state index contributed by atoms with van der Waals surface area (Å²) in [6, 6.07) is 6.15.